The number of halogens is 1. The number of rotatable bonds is 1. The van der Waals surface area contributed by atoms with Crippen LogP contribution < -0.4 is 4.74 Å². The molecule has 1 nitrogen and oxygen atoms in total. The van der Waals surface area contributed by atoms with Crippen LogP contribution in [0.5, 0.6) is 5.75 Å². The second kappa shape index (κ2) is 3.08. The summed E-state index contributed by atoms with van der Waals surface area (Å²) in [6, 6.07) is 5.23. The first kappa shape index (κ1) is 7.63. The van der Waals surface area contributed by atoms with E-state index < -0.39 is 0 Å². The van der Waals surface area contributed by atoms with E-state index in [0.717, 1.165) is 5.75 Å². The van der Waals surface area contributed by atoms with Crippen LogP contribution >= 0.6 is 24.2 Å². The standard InChI is InChI=1S/C7H6ClOS/c1-9-5-2-3-7(10)6(8)4-5/h2-4H,1H3. The Hall–Kier alpha value is -0.470. The number of hydrogen-bond donors (Lipinski definition) is 0. The maximum Gasteiger partial charge on any atom is 0.120 e. The Morgan fingerprint density at radius 1 is 1.50 bits per heavy atom. The third-order valence-electron chi connectivity index (χ3n) is 1.14. The van der Waals surface area contributed by atoms with Crippen molar-refractivity contribution in [2.75, 3.05) is 7.11 Å². The molecule has 1 rings (SSSR count). The van der Waals surface area contributed by atoms with Crippen molar-refractivity contribution in [2.24, 2.45) is 0 Å². The van der Waals surface area contributed by atoms with Crippen molar-refractivity contribution in [1.82, 2.24) is 0 Å². The lowest BCUT2D eigenvalue weighted by atomic mass is 10.3. The van der Waals surface area contributed by atoms with Gasteiger partial charge in [0.1, 0.15) is 5.75 Å². The minimum atomic E-state index is 0.564. The smallest absolute Gasteiger partial charge is 0.120 e. The molecule has 0 saturated heterocycles. The molecule has 1 aromatic carbocycles. The summed E-state index contributed by atoms with van der Waals surface area (Å²) in [6.45, 7) is 0. The highest BCUT2D eigenvalue weighted by atomic mass is 35.5. The van der Waals surface area contributed by atoms with Crippen molar-refractivity contribution >= 4 is 24.2 Å². The van der Waals surface area contributed by atoms with Crippen LogP contribution in [0.1, 0.15) is 0 Å². The molecule has 0 heterocycles. The van der Waals surface area contributed by atoms with Gasteiger partial charge >= 0.3 is 0 Å². The molecule has 0 spiro atoms. The summed E-state index contributed by atoms with van der Waals surface area (Å²) in [4.78, 5) is 0.655. The molecule has 0 aliphatic carbocycles. The molecular formula is C7H6ClOS. The quantitative estimate of drug-likeness (QED) is 0.635. The lowest BCUT2D eigenvalue weighted by molar-refractivity contribution is 0.414. The van der Waals surface area contributed by atoms with Gasteiger partial charge in [0.05, 0.1) is 17.0 Å². The maximum atomic E-state index is 5.71. The normalized spacial score (nSPS) is 9.40. The molecule has 0 amide bonds. The Bertz CT molecular complexity index is 237. The third-order valence-corrected chi connectivity index (χ3v) is 1.92. The lowest BCUT2D eigenvalue weighted by Gasteiger charge is -1.99. The summed E-state index contributed by atoms with van der Waals surface area (Å²) in [7, 11) is 1.59. The van der Waals surface area contributed by atoms with Gasteiger partial charge in [-0.15, -0.1) is 0 Å². The van der Waals surface area contributed by atoms with Crippen LogP contribution in [0.15, 0.2) is 23.1 Å². The summed E-state index contributed by atoms with van der Waals surface area (Å²) >= 11 is 10.6. The van der Waals surface area contributed by atoms with Crippen LogP contribution in [0, 0.1) is 0 Å². The van der Waals surface area contributed by atoms with Crippen LogP contribution in [0.3, 0.4) is 0 Å². The Kier molecular flexibility index (Phi) is 2.35. The predicted molar refractivity (Wildman–Crippen MR) is 43.9 cm³/mol. The second-order valence-electron chi connectivity index (χ2n) is 1.80. The largest absolute Gasteiger partial charge is 0.497 e. The highest BCUT2D eigenvalue weighted by Crippen LogP contribution is 2.24. The van der Waals surface area contributed by atoms with E-state index in [2.05, 4.69) is 0 Å². The molecule has 0 atom stereocenters. The predicted octanol–water partition coefficient (Wildman–Crippen LogP) is 2.91. The number of hydrogen-bond acceptors (Lipinski definition) is 1. The van der Waals surface area contributed by atoms with Crippen LogP contribution in [0.25, 0.3) is 0 Å². The molecule has 1 aromatic rings. The van der Waals surface area contributed by atoms with Gasteiger partial charge in [0.2, 0.25) is 0 Å². The zero-order valence-electron chi connectivity index (χ0n) is 5.43. The van der Waals surface area contributed by atoms with E-state index in [1.807, 2.05) is 0 Å². The maximum absolute atomic E-state index is 5.71. The van der Waals surface area contributed by atoms with Crippen molar-refractivity contribution in [2.45, 2.75) is 4.90 Å². The fourth-order valence-electron chi connectivity index (χ4n) is 0.609. The molecule has 0 aliphatic rings. The average Bonchev–Trinajstić information content (AvgIpc) is 1.95. The first-order valence-corrected chi connectivity index (χ1v) is 3.53. The van der Waals surface area contributed by atoms with Crippen molar-refractivity contribution in [3.8, 4) is 5.75 Å². The first-order valence-electron chi connectivity index (χ1n) is 2.74. The molecule has 1 radical (unpaired) electrons. The van der Waals surface area contributed by atoms with E-state index in [1.165, 1.54) is 0 Å². The zero-order chi connectivity index (χ0) is 7.56. The van der Waals surface area contributed by atoms with Crippen LogP contribution in [0.4, 0.5) is 0 Å². The van der Waals surface area contributed by atoms with Crippen molar-refractivity contribution < 1.29 is 4.74 Å². The van der Waals surface area contributed by atoms with Crippen molar-refractivity contribution in [3.05, 3.63) is 23.2 Å². The van der Waals surface area contributed by atoms with Crippen LogP contribution in [0.2, 0.25) is 5.02 Å². The topological polar surface area (TPSA) is 9.23 Å². The fourth-order valence-corrected chi connectivity index (χ4v) is 0.906. The Morgan fingerprint density at radius 3 is 2.70 bits per heavy atom. The van der Waals surface area contributed by atoms with Crippen LogP contribution in [-0.4, -0.2) is 7.11 Å². The van der Waals surface area contributed by atoms with Gasteiger partial charge in [-0.25, -0.2) is 0 Å². The summed E-state index contributed by atoms with van der Waals surface area (Å²) in [5.41, 5.74) is 0. The van der Waals surface area contributed by atoms with Crippen molar-refractivity contribution in [1.29, 1.82) is 0 Å². The van der Waals surface area contributed by atoms with E-state index in [1.54, 1.807) is 25.3 Å². The van der Waals surface area contributed by atoms with Crippen molar-refractivity contribution in [3.63, 3.8) is 0 Å². The average molecular weight is 174 g/mol. The second-order valence-corrected chi connectivity index (χ2v) is 2.64. The minimum absolute atomic E-state index is 0.564. The molecule has 0 N–H and O–H groups in total. The molecule has 3 heteroatoms. The summed E-state index contributed by atoms with van der Waals surface area (Å²) in [5, 5.41) is 0.564. The first-order chi connectivity index (χ1) is 4.74. The molecule has 0 aromatic heterocycles. The van der Waals surface area contributed by atoms with E-state index in [0.29, 0.717) is 9.92 Å². The number of benzene rings is 1. The molecule has 0 fully saturated rings. The number of ether oxygens (including phenoxy) is 1. The van der Waals surface area contributed by atoms with Gasteiger partial charge < -0.3 is 4.74 Å². The zero-order valence-corrected chi connectivity index (χ0v) is 7.00. The highest BCUT2D eigenvalue weighted by Gasteiger charge is 1.97. The highest BCUT2D eigenvalue weighted by molar-refractivity contribution is 7.80. The summed E-state index contributed by atoms with van der Waals surface area (Å²) < 4.78 is 4.92. The van der Waals surface area contributed by atoms with E-state index >= 15 is 0 Å². The van der Waals surface area contributed by atoms with Crippen LogP contribution in [-0.2, 0) is 0 Å². The molecule has 0 aliphatic heterocycles. The third kappa shape index (κ3) is 1.52. The van der Waals surface area contributed by atoms with Gasteiger partial charge in [-0.05, 0) is 12.1 Å². The van der Waals surface area contributed by atoms with Gasteiger partial charge in [0.25, 0.3) is 0 Å². The molecule has 0 bridgehead atoms. The fraction of sp³-hybridized carbons (Fsp3) is 0.143. The Morgan fingerprint density at radius 2 is 2.20 bits per heavy atom. The molecule has 10 heavy (non-hydrogen) atoms. The molecule has 53 valence electrons. The van der Waals surface area contributed by atoms with Gasteiger partial charge in [0, 0.05) is 6.07 Å². The van der Waals surface area contributed by atoms with E-state index in [4.69, 9.17) is 29.0 Å². The molecule has 0 unspecified atom stereocenters. The van der Waals surface area contributed by atoms with Gasteiger partial charge in [-0.3, -0.25) is 0 Å². The number of methoxy groups -OCH3 is 1. The summed E-state index contributed by atoms with van der Waals surface area (Å²) in [6.07, 6.45) is 0. The summed E-state index contributed by atoms with van der Waals surface area (Å²) in [5.74, 6) is 0.735. The van der Waals surface area contributed by atoms with Gasteiger partial charge in [-0.1, -0.05) is 24.2 Å². The van der Waals surface area contributed by atoms with Gasteiger partial charge in [0.15, 0.2) is 0 Å². The van der Waals surface area contributed by atoms with E-state index in [9.17, 15) is 0 Å². The molecular weight excluding hydrogens is 168 g/mol. The lowest BCUT2D eigenvalue weighted by Crippen LogP contribution is -1.81. The Labute approximate surface area is 70.4 Å². The SMILES string of the molecule is COc1ccc([S])c(Cl)c1. The molecule has 0 saturated carbocycles. The minimum Gasteiger partial charge on any atom is -0.497 e. The Balaban J connectivity index is 3.04. The monoisotopic (exact) mass is 173 g/mol. The van der Waals surface area contributed by atoms with Gasteiger partial charge in [-0.2, -0.15) is 0 Å². The van der Waals surface area contributed by atoms with E-state index in [-0.39, 0.29) is 0 Å².